The van der Waals surface area contributed by atoms with Gasteiger partial charge in [0.2, 0.25) is 0 Å². The Morgan fingerprint density at radius 1 is 0.966 bits per heavy atom. The molecule has 0 saturated carbocycles. The van der Waals surface area contributed by atoms with Crippen molar-refractivity contribution in [1.82, 2.24) is 20.3 Å². The van der Waals surface area contributed by atoms with Crippen molar-refractivity contribution >= 4 is 16.6 Å². The van der Waals surface area contributed by atoms with Crippen LogP contribution in [0.3, 0.4) is 0 Å². The smallest absolute Gasteiger partial charge is 0.112 e. The van der Waals surface area contributed by atoms with Gasteiger partial charge in [-0.15, -0.1) is 0 Å². The molecule has 3 N–H and O–H groups in total. The molecule has 0 radical (unpaired) electrons. The van der Waals surface area contributed by atoms with Crippen LogP contribution in [0, 0.1) is 0 Å². The van der Waals surface area contributed by atoms with Gasteiger partial charge in [0.15, 0.2) is 0 Å². The maximum atomic E-state index is 6.18. The second-order valence-corrected chi connectivity index (χ2v) is 7.05. The fourth-order valence-corrected chi connectivity index (χ4v) is 3.84. The molecular weight excluding hydrogens is 362 g/mol. The molecule has 4 aromatic rings. The minimum atomic E-state index is -0.0508. The minimum Gasteiger partial charge on any atom is -0.398 e. The van der Waals surface area contributed by atoms with Crippen LogP contribution in [0.15, 0.2) is 67.3 Å². The standard InChI is InChI=1S/C23H21N5O/c24-20-6-8-25-13-19(20)17-5-9-27-21-12-15(3-4-18(17)21)16-2-1-7-28-23(16)22-14-26-10-11-29-22/h1-9,12-13,22,26H,10-11,14H2,(H2,24,25). The number of nitrogens with one attached hydrogen (secondary N) is 1. The van der Waals surface area contributed by atoms with Crippen LogP contribution >= 0.6 is 0 Å². The van der Waals surface area contributed by atoms with E-state index >= 15 is 0 Å². The molecule has 1 aliphatic heterocycles. The van der Waals surface area contributed by atoms with Gasteiger partial charge in [-0.3, -0.25) is 15.0 Å². The predicted octanol–water partition coefficient (Wildman–Crippen LogP) is 3.60. The minimum absolute atomic E-state index is 0.0508. The lowest BCUT2D eigenvalue weighted by molar-refractivity contribution is 0.0254. The molecule has 3 aromatic heterocycles. The van der Waals surface area contributed by atoms with E-state index in [0.717, 1.165) is 51.9 Å². The third kappa shape index (κ3) is 3.33. The molecule has 1 unspecified atom stereocenters. The average Bonchev–Trinajstić information content (AvgIpc) is 2.79. The van der Waals surface area contributed by atoms with Gasteiger partial charge < -0.3 is 15.8 Å². The van der Waals surface area contributed by atoms with Crippen LogP contribution < -0.4 is 11.1 Å². The molecule has 6 heteroatoms. The summed E-state index contributed by atoms with van der Waals surface area (Å²) in [5.74, 6) is 0. The van der Waals surface area contributed by atoms with E-state index in [0.29, 0.717) is 12.3 Å². The summed E-state index contributed by atoms with van der Waals surface area (Å²) in [5.41, 5.74) is 12.8. The van der Waals surface area contributed by atoms with E-state index in [1.54, 1.807) is 12.4 Å². The van der Waals surface area contributed by atoms with Crippen LogP contribution in [0.1, 0.15) is 11.8 Å². The van der Waals surface area contributed by atoms with Gasteiger partial charge in [-0.25, -0.2) is 0 Å². The van der Waals surface area contributed by atoms with Crippen molar-refractivity contribution in [2.24, 2.45) is 0 Å². The lowest BCUT2D eigenvalue weighted by Gasteiger charge is -2.25. The molecular formula is C23H21N5O. The first-order valence-corrected chi connectivity index (χ1v) is 9.67. The predicted molar refractivity (Wildman–Crippen MR) is 114 cm³/mol. The second kappa shape index (κ2) is 7.58. The summed E-state index contributed by atoms with van der Waals surface area (Å²) in [6, 6.07) is 14.1. The second-order valence-electron chi connectivity index (χ2n) is 7.05. The Morgan fingerprint density at radius 3 is 2.79 bits per heavy atom. The number of rotatable bonds is 3. The van der Waals surface area contributed by atoms with Crippen LogP contribution in [-0.4, -0.2) is 34.6 Å². The highest BCUT2D eigenvalue weighted by atomic mass is 16.5. The molecule has 0 spiro atoms. The van der Waals surface area contributed by atoms with Crippen molar-refractivity contribution in [2.45, 2.75) is 6.10 Å². The van der Waals surface area contributed by atoms with Crippen molar-refractivity contribution in [3.05, 3.63) is 72.9 Å². The van der Waals surface area contributed by atoms with Crippen molar-refractivity contribution in [1.29, 1.82) is 0 Å². The van der Waals surface area contributed by atoms with Crippen molar-refractivity contribution in [2.75, 3.05) is 25.4 Å². The van der Waals surface area contributed by atoms with Gasteiger partial charge in [-0.05, 0) is 35.4 Å². The molecule has 1 atom stereocenters. The summed E-state index contributed by atoms with van der Waals surface area (Å²) in [4.78, 5) is 13.5. The number of benzene rings is 1. The number of pyridine rings is 3. The van der Waals surface area contributed by atoms with Gasteiger partial charge >= 0.3 is 0 Å². The van der Waals surface area contributed by atoms with Gasteiger partial charge in [0, 0.05) is 60.1 Å². The topological polar surface area (TPSA) is 86.0 Å². The van der Waals surface area contributed by atoms with Gasteiger partial charge in [-0.2, -0.15) is 0 Å². The first-order chi connectivity index (χ1) is 14.3. The van der Waals surface area contributed by atoms with E-state index in [1.807, 2.05) is 30.6 Å². The maximum absolute atomic E-state index is 6.18. The summed E-state index contributed by atoms with van der Waals surface area (Å²) in [5, 5.41) is 4.42. The van der Waals surface area contributed by atoms with Crippen molar-refractivity contribution in [3.8, 4) is 22.3 Å². The highest BCUT2D eigenvalue weighted by Gasteiger charge is 2.21. The largest absolute Gasteiger partial charge is 0.398 e. The van der Waals surface area contributed by atoms with Gasteiger partial charge in [0.25, 0.3) is 0 Å². The van der Waals surface area contributed by atoms with Crippen LogP contribution in [0.2, 0.25) is 0 Å². The first-order valence-electron chi connectivity index (χ1n) is 9.67. The van der Waals surface area contributed by atoms with Gasteiger partial charge in [-0.1, -0.05) is 18.2 Å². The Bertz CT molecular complexity index is 1170. The number of aromatic nitrogens is 3. The zero-order valence-corrected chi connectivity index (χ0v) is 15.9. The third-order valence-electron chi connectivity index (χ3n) is 5.27. The van der Waals surface area contributed by atoms with E-state index in [1.165, 1.54) is 0 Å². The van der Waals surface area contributed by atoms with E-state index in [4.69, 9.17) is 10.5 Å². The number of fused-ring (bicyclic) bond motifs is 1. The number of ether oxygens (including phenoxy) is 1. The van der Waals surface area contributed by atoms with Crippen LogP contribution in [0.5, 0.6) is 0 Å². The number of morpholine rings is 1. The third-order valence-corrected chi connectivity index (χ3v) is 5.27. The summed E-state index contributed by atoms with van der Waals surface area (Å²) >= 11 is 0. The molecule has 29 heavy (non-hydrogen) atoms. The number of nitrogens with zero attached hydrogens (tertiary/aromatic N) is 3. The van der Waals surface area contributed by atoms with Crippen LogP contribution in [-0.2, 0) is 4.74 Å². The molecule has 1 saturated heterocycles. The lowest BCUT2D eigenvalue weighted by Crippen LogP contribution is -2.34. The normalized spacial score (nSPS) is 16.8. The number of nitrogen functional groups attached to an aromatic ring is 1. The number of nitrogens with two attached hydrogens (primary N) is 1. The zero-order valence-electron chi connectivity index (χ0n) is 15.9. The summed E-state index contributed by atoms with van der Waals surface area (Å²) in [6.45, 7) is 2.33. The van der Waals surface area contributed by atoms with E-state index in [2.05, 4.69) is 44.5 Å². The van der Waals surface area contributed by atoms with Gasteiger partial charge in [0.05, 0.1) is 17.8 Å². The summed E-state index contributed by atoms with van der Waals surface area (Å²) in [6.07, 6.45) is 7.08. The number of hydrogen-bond acceptors (Lipinski definition) is 6. The lowest BCUT2D eigenvalue weighted by atomic mass is 9.96. The van der Waals surface area contributed by atoms with E-state index < -0.39 is 0 Å². The highest BCUT2D eigenvalue weighted by Crippen LogP contribution is 2.34. The Hall–Kier alpha value is -3.35. The van der Waals surface area contributed by atoms with E-state index in [-0.39, 0.29) is 6.10 Å². The van der Waals surface area contributed by atoms with Crippen molar-refractivity contribution < 1.29 is 4.74 Å². The van der Waals surface area contributed by atoms with Crippen molar-refractivity contribution in [3.63, 3.8) is 0 Å². The molecule has 1 fully saturated rings. The monoisotopic (exact) mass is 383 g/mol. The molecule has 5 rings (SSSR count). The van der Waals surface area contributed by atoms with Crippen LogP contribution in [0.25, 0.3) is 33.2 Å². The van der Waals surface area contributed by atoms with E-state index in [9.17, 15) is 0 Å². The average molecular weight is 383 g/mol. The Balaban J connectivity index is 1.61. The number of hydrogen-bond donors (Lipinski definition) is 2. The summed E-state index contributed by atoms with van der Waals surface area (Å²) in [7, 11) is 0. The summed E-state index contributed by atoms with van der Waals surface area (Å²) < 4.78 is 5.94. The Labute approximate surface area is 168 Å². The fraction of sp³-hybridized carbons (Fsp3) is 0.174. The number of anilines is 1. The zero-order chi connectivity index (χ0) is 19.6. The molecule has 0 amide bonds. The molecule has 1 aliphatic rings. The Kier molecular flexibility index (Phi) is 4.63. The first kappa shape index (κ1) is 17.7. The molecule has 0 bridgehead atoms. The molecule has 4 heterocycles. The van der Waals surface area contributed by atoms with Crippen LogP contribution in [0.4, 0.5) is 5.69 Å². The van der Waals surface area contributed by atoms with Gasteiger partial charge in [0.1, 0.15) is 6.10 Å². The molecule has 144 valence electrons. The Morgan fingerprint density at radius 2 is 1.93 bits per heavy atom. The highest BCUT2D eigenvalue weighted by molar-refractivity contribution is 5.98. The fourth-order valence-electron chi connectivity index (χ4n) is 3.84. The maximum Gasteiger partial charge on any atom is 0.112 e. The molecule has 6 nitrogen and oxygen atoms in total. The quantitative estimate of drug-likeness (QED) is 0.562. The molecule has 1 aromatic carbocycles. The SMILES string of the molecule is Nc1ccncc1-c1ccnc2cc(-c3cccnc3C3CNCCO3)ccc12. The molecule has 0 aliphatic carbocycles.